The molecule has 2 heterocycles. The van der Waals surface area contributed by atoms with Crippen LogP contribution in [0.4, 0.5) is 5.69 Å². The summed E-state index contributed by atoms with van der Waals surface area (Å²) in [7, 11) is 1.77. The predicted molar refractivity (Wildman–Crippen MR) is 113 cm³/mol. The Hall–Kier alpha value is -4.00. The molecule has 1 amide bonds. The third-order valence-electron chi connectivity index (χ3n) is 4.88. The summed E-state index contributed by atoms with van der Waals surface area (Å²) >= 11 is 0. The molecule has 0 unspecified atom stereocenters. The van der Waals surface area contributed by atoms with E-state index in [1.807, 2.05) is 60.7 Å². The normalized spacial score (nSPS) is 10.7. The number of hydrogen-bond acceptors (Lipinski definition) is 4. The minimum atomic E-state index is -0.502. The van der Waals surface area contributed by atoms with Crippen molar-refractivity contribution in [3.05, 3.63) is 100 Å². The summed E-state index contributed by atoms with van der Waals surface area (Å²) in [5.41, 5.74) is 1.82. The van der Waals surface area contributed by atoms with Crippen LogP contribution in [-0.4, -0.2) is 15.3 Å². The zero-order valence-corrected chi connectivity index (χ0v) is 16.7. The summed E-state index contributed by atoms with van der Waals surface area (Å²) < 4.78 is 14.3. The first-order valence-electron chi connectivity index (χ1n) is 9.46. The van der Waals surface area contributed by atoms with Crippen LogP contribution in [0.2, 0.25) is 0 Å². The van der Waals surface area contributed by atoms with E-state index in [0.717, 1.165) is 0 Å². The topological polar surface area (TPSA) is 78.4 Å². The molecule has 0 spiro atoms. The number of nitrogens with one attached hydrogen (secondary N) is 1. The van der Waals surface area contributed by atoms with Crippen LogP contribution in [0.15, 0.2) is 82.2 Å². The number of benzene rings is 2. The molecule has 0 saturated heterocycles. The average molecular weight is 403 g/mol. The van der Waals surface area contributed by atoms with Crippen LogP contribution in [0.5, 0.6) is 5.75 Å². The molecule has 7 heteroatoms. The SMILES string of the molecule is Cc1c(NC(=O)c2occc2COc2ccccc2)c(=O)n(-c2ccccc2)n1C. The number of carbonyl (C=O) groups excluding carboxylic acids is 1. The molecule has 0 atom stereocenters. The maximum atomic E-state index is 13.0. The second-order valence-corrected chi connectivity index (χ2v) is 6.77. The molecule has 0 fully saturated rings. The number of ether oxygens (including phenoxy) is 1. The first-order valence-corrected chi connectivity index (χ1v) is 9.46. The van der Waals surface area contributed by atoms with E-state index in [9.17, 15) is 9.59 Å². The molecule has 4 aromatic rings. The Morgan fingerprint density at radius 3 is 2.40 bits per heavy atom. The zero-order valence-electron chi connectivity index (χ0n) is 16.7. The predicted octanol–water partition coefficient (Wildman–Crippen LogP) is 3.91. The average Bonchev–Trinajstić information content (AvgIpc) is 3.32. The highest BCUT2D eigenvalue weighted by Gasteiger charge is 2.22. The van der Waals surface area contributed by atoms with Gasteiger partial charge in [0.15, 0.2) is 5.76 Å². The van der Waals surface area contributed by atoms with Crippen LogP contribution in [0, 0.1) is 6.92 Å². The molecule has 4 rings (SSSR count). The van der Waals surface area contributed by atoms with Gasteiger partial charge in [-0.25, -0.2) is 4.68 Å². The van der Waals surface area contributed by atoms with E-state index in [2.05, 4.69) is 5.32 Å². The van der Waals surface area contributed by atoms with E-state index >= 15 is 0 Å². The van der Waals surface area contributed by atoms with Crippen LogP contribution in [0.1, 0.15) is 21.8 Å². The van der Waals surface area contributed by atoms with Gasteiger partial charge in [-0.2, -0.15) is 0 Å². The number of rotatable bonds is 6. The lowest BCUT2D eigenvalue weighted by atomic mass is 10.2. The van der Waals surface area contributed by atoms with E-state index in [-0.39, 0.29) is 23.6 Å². The molecule has 2 aromatic heterocycles. The van der Waals surface area contributed by atoms with Crippen molar-refractivity contribution in [3.8, 4) is 11.4 Å². The Morgan fingerprint density at radius 1 is 1.03 bits per heavy atom. The van der Waals surface area contributed by atoms with Gasteiger partial charge in [0.25, 0.3) is 11.5 Å². The van der Waals surface area contributed by atoms with Gasteiger partial charge in [-0.1, -0.05) is 36.4 Å². The zero-order chi connectivity index (χ0) is 21.1. The van der Waals surface area contributed by atoms with Crippen molar-refractivity contribution >= 4 is 11.6 Å². The minimum Gasteiger partial charge on any atom is -0.489 e. The van der Waals surface area contributed by atoms with Gasteiger partial charge in [-0.3, -0.25) is 14.3 Å². The van der Waals surface area contributed by atoms with Gasteiger partial charge < -0.3 is 14.5 Å². The molecule has 0 saturated carbocycles. The number of furan rings is 1. The quantitative estimate of drug-likeness (QED) is 0.529. The molecular weight excluding hydrogens is 382 g/mol. The van der Waals surface area contributed by atoms with Gasteiger partial charge in [0.2, 0.25) is 0 Å². The molecule has 7 nitrogen and oxygen atoms in total. The molecule has 0 radical (unpaired) electrons. The summed E-state index contributed by atoms with van der Waals surface area (Å²) in [4.78, 5) is 25.8. The highest BCUT2D eigenvalue weighted by atomic mass is 16.5. The number of nitrogens with zero attached hydrogens (tertiary/aromatic N) is 2. The Morgan fingerprint density at radius 2 is 1.70 bits per heavy atom. The Kier molecular flexibility index (Phi) is 5.26. The van der Waals surface area contributed by atoms with Crippen LogP contribution < -0.4 is 15.6 Å². The highest BCUT2D eigenvalue weighted by Crippen LogP contribution is 2.19. The van der Waals surface area contributed by atoms with E-state index in [1.54, 1.807) is 24.7 Å². The van der Waals surface area contributed by atoms with Crippen molar-refractivity contribution in [1.29, 1.82) is 0 Å². The number of aromatic nitrogens is 2. The summed E-state index contributed by atoms with van der Waals surface area (Å²) in [5, 5.41) is 2.71. The lowest BCUT2D eigenvalue weighted by Gasteiger charge is -2.07. The largest absolute Gasteiger partial charge is 0.489 e. The first kappa shape index (κ1) is 19.3. The molecule has 0 aliphatic rings. The van der Waals surface area contributed by atoms with Crippen LogP contribution in [0.3, 0.4) is 0 Å². The molecule has 152 valence electrons. The van der Waals surface area contributed by atoms with Crippen LogP contribution >= 0.6 is 0 Å². The Bertz CT molecular complexity index is 1220. The minimum absolute atomic E-state index is 0.111. The third-order valence-corrected chi connectivity index (χ3v) is 4.88. The standard InChI is InChI=1S/C23H21N3O4/c1-16-20(23(28)26(25(16)2)18-9-5-3-6-10-18)24-22(27)21-17(13-14-29-21)15-30-19-11-7-4-8-12-19/h3-14H,15H2,1-2H3,(H,24,27). The molecular formula is C23H21N3O4. The smallest absolute Gasteiger partial charge is 0.295 e. The maximum Gasteiger partial charge on any atom is 0.295 e. The van der Waals surface area contributed by atoms with Crippen LogP contribution in [0.25, 0.3) is 5.69 Å². The fourth-order valence-corrected chi connectivity index (χ4v) is 3.21. The van der Waals surface area contributed by atoms with Crippen molar-refractivity contribution in [3.63, 3.8) is 0 Å². The van der Waals surface area contributed by atoms with E-state index in [1.165, 1.54) is 10.9 Å². The second-order valence-electron chi connectivity index (χ2n) is 6.77. The monoisotopic (exact) mass is 403 g/mol. The fraction of sp³-hybridized carbons (Fsp3) is 0.130. The maximum absolute atomic E-state index is 13.0. The first-order chi connectivity index (χ1) is 14.6. The molecule has 0 aliphatic carbocycles. The number of para-hydroxylation sites is 2. The van der Waals surface area contributed by atoms with Crippen molar-refractivity contribution in [2.24, 2.45) is 7.05 Å². The summed E-state index contributed by atoms with van der Waals surface area (Å²) in [5.74, 6) is 0.298. The van der Waals surface area contributed by atoms with E-state index < -0.39 is 5.91 Å². The van der Waals surface area contributed by atoms with Crippen molar-refractivity contribution in [2.45, 2.75) is 13.5 Å². The molecule has 30 heavy (non-hydrogen) atoms. The molecule has 0 aliphatic heterocycles. The third kappa shape index (κ3) is 3.65. The van der Waals surface area contributed by atoms with Crippen molar-refractivity contribution in [1.82, 2.24) is 9.36 Å². The number of amides is 1. The van der Waals surface area contributed by atoms with E-state index in [0.29, 0.717) is 22.7 Å². The number of hydrogen-bond donors (Lipinski definition) is 1. The number of carbonyl (C=O) groups is 1. The van der Waals surface area contributed by atoms with Gasteiger partial charge in [-0.05, 0) is 37.3 Å². The summed E-state index contributed by atoms with van der Waals surface area (Å²) in [6.07, 6.45) is 1.43. The summed E-state index contributed by atoms with van der Waals surface area (Å²) in [6.45, 7) is 1.95. The van der Waals surface area contributed by atoms with E-state index in [4.69, 9.17) is 9.15 Å². The Balaban J connectivity index is 1.57. The van der Waals surface area contributed by atoms with Crippen molar-refractivity contribution < 1.29 is 13.9 Å². The fourth-order valence-electron chi connectivity index (χ4n) is 3.21. The molecule has 1 N–H and O–H groups in total. The van der Waals surface area contributed by atoms with Gasteiger partial charge >= 0.3 is 0 Å². The van der Waals surface area contributed by atoms with Gasteiger partial charge in [0.05, 0.1) is 17.6 Å². The number of anilines is 1. The molecule has 0 bridgehead atoms. The Labute approximate surface area is 173 Å². The van der Waals surface area contributed by atoms with Gasteiger partial charge in [0.1, 0.15) is 18.0 Å². The lowest BCUT2D eigenvalue weighted by Crippen LogP contribution is -2.23. The second kappa shape index (κ2) is 8.16. The van der Waals surface area contributed by atoms with Gasteiger partial charge in [0, 0.05) is 12.6 Å². The highest BCUT2D eigenvalue weighted by molar-refractivity contribution is 6.03. The van der Waals surface area contributed by atoms with Gasteiger partial charge in [-0.15, -0.1) is 0 Å². The van der Waals surface area contributed by atoms with Crippen LogP contribution in [-0.2, 0) is 13.7 Å². The summed E-state index contributed by atoms with van der Waals surface area (Å²) in [6, 6.07) is 20.2. The van der Waals surface area contributed by atoms with Crippen molar-refractivity contribution in [2.75, 3.05) is 5.32 Å². The lowest BCUT2D eigenvalue weighted by molar-refractivity contribution is 0.0993. The molecule has 2 aromatic carbocycles.